The van der Waals surface area contributed by atoms with Crippen LogP contribution in [0.3, 0.4) is 0 Å². The third-order valence-corrected chi connectivity index (χ3v) is 5.79. The molecule has 3 nitrogen and oxygen atoms in total. The summed E-state index contributed by atoms with van der Waals surface area (Å²) in [5.74, 6) is 1.86. The number of hydrogen-bond donors (Lipinski definition) is 1. The van der Waals surface area contributed by atoms with E-state index < -0.39 is 0 Å². The highest BCUT2D eigenvalue weighted by Gasteiger charge is 2.19. The van der Waals surface area contributed by atoms with Crippen molar-refractivity contribution in [3.05, 3.63) is 59.7 Å². The van der Waals surface area contributed by atoms with E-state index in [2.05, 4.69) is 42.6 Å². The van der Waals surface area contributed by atoms with Crippen molar-refractivity contribution in [3.8, 4) is 5.75 Å². The van der Waals surface area contributed by atoms with Gasteiger partial charge in [-0.05, 0) is 50.6 Å². The molecule has 0 unspecified atom stereocenters. The zero-order valence-corrected chi connectivity index (χ0v) is 15.3. The Morgan fingerprint density at radius 1 is 1.08 bits per heavy atom. The second kappa shape index (κ2) is 7.54. The summed E-state index contributed by atoms with van der Waals surface area (Å²) in [7, 11) is 0. The number of benzene rings is 2. The van der Waals surface area contributed by atoms with Gasteiger partial charge in [0.1, 0.15) is 17.4 Å². The van der Waals surface area contributed by atoms with Crippen LogP contribution in [0.1, 0.15) is 24.0 Å². The Balaban J connectivity index is 1.57. The molecular formula is C21H23NO2S. The lowest BCUT2D eigenvalue weighted by Crippen LogP contribution is -2.34. The van der Waals surface area contributed by atoms with Crippen molar-refractivity contribution in [2.24, 2.45) is 0 Å². The first-order valence-corrected chi connectivity index (χ1v) is 9.86. The Labute approximate surface area is 152 Å². The molecule has 0 spiro atoms. The Hall–Kier alpha value is -1.91. The minimum atomic E-state index is 0.293. The van der Waals surface area contributed by atoms with E-state index in [0.29, 0.717) is 6.10 Å². The number of ether oxygens (including phenoxy) is 1. The number of nitrogens with one attached hydrogen (secondary N) is 1. The lowest BCUT2D eigenvalue weighted by molar-refractivity contribution is 0.164. The van der Waals surface area contributed by atoms with Crippen molar-refractivity contribution < 1.29 is 9.15 Å². The molecule has 2 heterocycles. The van der Waals surface area contributed by atoms with Gasteiger partial charge in [-0.3, -0.25) is 0 Å². The average molecular weight is 353 g/mol. The van der Waals surface area contributed by atoms with Gasteiger partial charge in [-0.15, -0.1) is 0 Å². The molecule has 0 saturated carbocycles. The largest absolute Gasteiger partial charge is 0.490 e. The Kier molecular flexibility index (Phi) is 4.99. The molecule has 3 aromatic rings. The normalized spacial score (nSPS) is 15.6. The van der Waals surface area contributed by atoms with Crippen LogP contribution < -0.4 is 10.1 Å². The second-order valence-corrected chi connectivity index (χ2v) is 7.43. The molecule has 1 aliphatic heterocycles. The summed E-state index contributed by atoms with van der Waals surface area (Å²) in [5.41, 5.74) is 3.40. The number of hydrogen-bond acceptors (Lipinski definition) is 4. The molecule has 0 atom stereocenters. The first-order chi connectivity index (χ1) is 12.3. The molecule has 4 rings (SSSR count). The summed E-state index contributed by atoms with van der Waals surface area (Å²) in [5, 5.41) is 5.49. The number of fused-ring (bicyclic) bond motifs is 1. The molecule has 0 aliphatic carbocycles. The van der Waals surface area contributed by atoms with Gasteiger partial charge in [0.2, 0.25) is 0 Å². The van der Waals surface area contributed by atoms with E-state index in [9.17, 15) is 0 Å². The van der Waals surface area contributed by atoms with Crippen LogP contribution in [0.25, 0.3) is 11.0 Å². The fourth-order valence-corrected chi connectivity index (χ4v) is 4.25. The van der Waals surface area contributed by atoms with E-state index in [0.717, 1.165) is 53.5 Å². The highest BCUT2D eigenvalue weighted by molar-refractivity contribution is 7.98. The van der Waals surface area contributed by atoms with Crippen LogP contribution >= 0.6 is 11.8 Å². The molecule has 1 N–H and O–H groups in total. The van der Waals surface area contributed by atoms with E-state index in [1.165, 1.54) is 11.1 Å². The number of piperidine rings is 1. The molecule has 4 heteroatoms. The Bertz CT molecular complexity index is 838. The first kappa shape index (κ1) is 16.6. The summed E-state index contributed by atoms with van der Waals surface area (Å²) >= 11 is 1.75. The third-order valence-electron chi connectivity index (χ3n) is 4.66. The van der Waals surface area contributed by atoms with Gasteiger partial charge in [-0.1, -0.05) is 48.2 Å². The number of thioether (sulfide) groups is 1. The maximum atomic E-state index is 6.32. The molecule has 130 valence electrons. The molecule has 0 amide bonds. The molecule has 25 heavy (non-hydrogen) atoms. The van der Waals surface area contributed by atoms with Crippen molar-refractivity contribution >= 4 is 22.7 Å². The summed E-state index contributed by atoms with van der Waals surface area (Å²) in [6, 6.07) is 16.6. The minimum absolute atomic E-state index is 0.293. The number of rotatable bonds is 5. The molecule has 0 bridgehead atoms. The van der Waals surface area contributed by atoms with Crippen molar-refractivity contribution in [1.29, 1.82) is 0 Å². The zero-order valence-electron chi connectivity index (χ0n) is 14.5. The summed E-state index contributed by atoms with van der Waals surface area (Å²) < 4.78 is 12.4. The minimum Gasteiger partial charge on any atom is -0.490 e. The summed E-state index contributed by atoms with van der Waals surface area (Å²) in [6.07, 6.45) is 2.41. The second-order valence-electron chi connectivity index (χ2n) is 6.49. The fourth-order valence-electron chi connectivity index (χ4n) is 3.30. The van der Waals surface area contributed by atoms with Crippen molar-refractivity contribution in [2.45, 2.75) is 36.7 Å². The van der Waals surface area contributed by atoms with Crippen molar-refractivity contribution in [2.75, 3.05) is 13.1 Å². The maximum Gasteiger partial charge on any atom is 0.164 e. The molecule has 1 aromatic heterocycles. The molecule has 1 saturated heterocycles. The number of aryl methyl sites for hydroxylation is 1. The van der Waals surface area contributed by atoms with Gasteiger partial charge in [0.15, 0.2) is 5.09 Å². The average Bonchev–Trinajstić information content (AvgIpc) is 2.99. The van der Waals surface area contributed by atoms with E-state index in [4.69, 9.17) is 9.15 Å². The molecule has 2 aromatic carbocycles. The van der Waals surface area contributed by atoms with Crippen molar-refractivity contribution in [1.82, 2.24) is 5.32 Å². The smallest absolute Gasteiger partial charge is 0.164 e. The number of furan rings is 1. The van der Waals surface area contributed by atoms with Crippen LogP contribution in [-0.2, 0) is 5.75 Å². The van der Waals surface area contributed by atoms with Crippen molar-refractivity contribution in [3.63, 3.8) is 0 Å². The molecule has 1 aliphatic rings. The molecular weight excluding hydrogens is 330 g/mol. The third kappa shape index (κ3) is 3.70. The van der Waals surface area contributed by atoms with Crippen LogP contribution in [0.15, 0.2) is 58.0 Å². The fraction of sp³-hybridized carbons (Fsp3) is 0.333. The van der Waals surface area contributed by atoms with Gasteiger partial charge >= 0.3 is 0 Å². The topological polar surface area (TPSA) is 34.4 Å². The van der Waals surface area contributed by atoms with E-state index in [1.54, 1.807) is 11.8 Å². The molecule has 0 radical (unpaired) electrons. The van der Waals surface area contributed by atoms with Crippen LogP contribution in [0, 0.1) is 6.92 Å². The van der Waals surface area contributed by atoms with Gasteiger partial charge in [0.25, 0.3) is 0 Å². The summed E-state index contributed by atoms with van der Waals surface area (Å²) in [6.45, 7) is 4.20. The van der Waals surface area contributed by atoms with Crippen LogP contribution in [0.5, 0.6) is 5.75 Å². The van der Waals surface area contributed by atoms with Gasteiger partial charge in [0.05, 0.1) is 5.39 Å². The standard InChI is InChI=1S/C21H23NO2S/c1-15-20-18(23-17-10-12-22-13-11-17)8-5-9-19(20)24-21(15)25-14-16-6-3-2-4-7-16/h2-9,17,22H,10-14H2,1H3. The van der Waals surface area contributed by atoms with Gasteiger partial charge in [-0.2, -0.15) is 0 Å². The van der Waals surface area contributed by atoms with E-state index >= 15 is 0 Å². The first-order valence-electron chi connectivity index (χ1n) is 8.87. The van der Waals surface area contributed by atoms with Crippen LogP contribution in [-0.4, -0.2) is 19.2 Å². The zero-order chi connectivity index (χ0) is 17.1. The highest BCUT2D eigenvalue weighted by atomic mass is 32.2. The quantitative estimate of drug-likeness (QED) is 0.642. The monoisotopic (exact) mass is 353 g/mol. The summed E-state index contributed by atoms with van der Waals surface area (Å²) in [4.78, 5) is 0. The predicted molar refractivity (Wildman–Crippen MR) is 103 cm³/mol. The van der Waals surface area contributed by atoms with Gasteiger partial charge in [0, 0.05) is 11.3 Å². The van der Waals surface area contributed by atoms with E-state index in [-0.39, 0.29) is 0 Å². The molecule has 1 fully saturated rings. The lowest BCUT2D eigenvalue weighted by atomic mass is 10.1. The Morgan fingerprint density at radius 2 is 1.88 bits per heavy atom. The highest BCUT2D eigenvalue weighted by Crippen LogP contribution is 2.39. The van der Waals surface area contributed by atoms with Gasteiger partial charge in [-0.25, -0.2) is 0 Å². The van der Waals surface area contributed by atoms with Crippen LogP contribution in [0.4, 0.5) is 0 Å². The van der Waals surface area contributed by atoms with Crippen LogP contribution in [0.2, 0.25) is 0 Å². The van der Waals surface area contributed by atoms with E-state index in [1.807, 2.05) is 18.2 Å². The SMILES string of the molecule is Cc1c(SCc2ccccc2)oc2cccc(OC3CCNCC3)c12. The lowest BCUT2D eigenvalue weighted by Gasteiger charge is -2.24. The van der Waals surface area contributed by atoms with Gasteiger partial charge < -0.3 is 14.5 Å². The Morgan fingerprint density at radius 3 is 2.68 bits per heavy atom. The predicted octanol–water partition coefficient (Wildman–Crippen LogP) is 5.16. The maximum absolute atomic E-state index is 6.32.